The number of aromatic nitrogens is 3. The van der Waals surface area contributed by atoms with E-state index in [2.05, 4.69) is 20.3 Å². The van der Waals surface area contributed by atoms with Gasteiger partial charge in [0.15, 0.2) is 0 Å². The van der Waals surface area contributed by atoms with E-state index in [1.54, 1.807) is 25.6 Å². The molecule has 6 heteroatoms. The zero-order valence-electron chi connectivity index (χ0n) is 9.44. The van der Waals surface area contributed by atoms with Crippen molar-refractivity contribution in [3.8, 4) is 0 Å². The van der Waals surface area contributed by atoms with Gasteiger partial charge in [-0.3, -0.25) is 4.98 Å². The Bertz CT molecular complexity index is 515. The Morgan fingerprint density at radius 3 is 2.71 bits per heavy atom. The minimum atomic E-state index is 0.599. The fourth-order valence-corrected chi connectivity index (χ4v) is 2.30. The standard InChI is InChI=1S/C11H11ClN4S/c1-7-5-16-9(6-15-7)17-8-3-4-14-11(13-2)10(8)12/h3-6H,1-2H3,(H,13,14). The van der Waals surface area contributed by atoms with Crippen LogP contribution in [0.3, 0.4) is 0 Å². The van der Waals surface area contributed by atoms with Gasteiger partial charge < -0.3 is 5.32 Å². The summed E-state index contributed by atoms with van der Waals surface area (Å²) in [7, 11) is 1.79. The van der Waals surface area contributed by atoms with E-state index in [9.17, 15) is 0 Å². The zero-order valence-corrected chi connectivity index (χ0v) is 11.0. The van der Waals surface area contributed by atoms with Crippen molar-refractivity contribution in [3.05, 3.63) is 35.4 Å². The number of nitrogens with zero attached hydrogens (tertiary/aromatic N) is 3. The largest absolute Gasteiger partial charge is 0.372 e. The minimum Gasteiger partial charge on any atom is -0.372 e. The lowest BCUT2D eigenvalue weighted by atomic mass is 10.4. The Hall–Kier alpha value is -1.33. The van der Waals surface area contributed by atoms with Crippen molar-refractivity contribution >= 4 is 29.2 Å². The van der Waals surface area contributed by atoms with Crippen molar-refractivity contribution in [1.29, 1.82) is 0 Å². The maximum absolute atomic E-state index is 6.20. The van der Waals surface area contributed by atoms with E-state index >= 15 is 0 Å². The summed E-state index contributed by atoms with van der Waals surface area (Å²) in [4.78, 5) is 13.5. The number of halogens is 1. The summed E-state index contributed by atoms with van der Waals surface area (Å²) in [6.07, 6.45) is 5.17. The molecule has 0 aliphatic heterocycles. The first kappa shape index (κ1) is 12.1. The van der Waals surface area contributed by atoms with Gasteiger partial charge in [-0.1, -0.05) is 23.4 Å². The molecule has 17 heavy (non-hydrogen) atoms. The minimum absolute atomic E-state index is 0.599. The van der Waals surface area contributed by atoms with Gasteiger partial charge in [-0.05, 0) is 13.0 Å². The molecule has 0 fully saturated rings. The molecule has 0 unspecified atom stereocenters. The molecule has 0 saturated carbocycles. The molecule has 88 valence electrons. The fraction of sp³-hybridized carbons (Fsp3) is 0.182. The van der Waals surface area contributed by atoms with E-state index in [1.165, 1.54) is 11.8 Å². The highest BCUT2D eigenvalue weighted by Gasteiger charge is 2.08. The van der Waals surface area contributed by atoms with Gasteiger partial charge in [-0.2, -0.15) is 0 Å². The third kappa shape index (κ3) is 2.87. The van der Waals surface area contributed by atoms with Gasteiger partial charge in [0.2, 0.25) is 0 Å². The van der Waals surface area contributed by atoms with Gasteiger partial charge in [0.1, 0.15) is 10.8 Å². The molecule has 0 atom stereocenters. The van der Waals surface area contributed by atoms with E-state index < -0.39 is 0 Å². The maximum Gasteiger partial charge on any atom is 0.145 e. The van der Waals surface area contributed by atoms with Crippen LogP contribution in [-0.2, 0) is 0 Å². The highest BCUT2D eigenvalue weighted by atomic mass is 35.5. The summed E-state index contributed by atoms with van der Waals surface area (Å²) < 4.78 is 0. The van der Waals surface area contributed by atoms with E-state index in [0.29, 0.717) is 10.8 Å². The van der Waals surface area contributed by atoms with Crippen molar-refractivity contribution in [2.24, 2.45) is 0 Å². The monoisotopic (exact) mass is 266 g/mol. The first-order valence-corrected chi connectivity index (χ1v) is 6.19. The van der Waals surface area contributed by atoms with Crippen molar-refractivity contribution in [1.82, 2.24) is 15.0 Å². The molecule has 0 aliphatic carbocycles. The second kappa shape index (κ2) is 5.33. The van der Waals surface area contributed by atoms with Gasteiger partial charge in [0.25, 0.3) is 0 Å². The van der Waals surface area contributed by atoms with Gasteiger partial charge in [-0.25, -0.2) is 9.97 Å². The number of nitrogens with one attached hydrogen (secondary N) is 1. The van der Waals surface area contributed by atoms with Gasteiger partial charge in [0.05, 0.1) is 16.9 Å². The van der Waals surface area contributed by atoms with Crippen molar-refractivity contribution in [3.63, 3.8) is 0 Å². The molecule has 0 amide bonds. The van der Waals surface area contributed by atoms with Crippen LogP contribution in [0.5, 0.6) is 0 Å². The van der Waals surface area contributed by atoms with Crippen LogP contribution in [0.2, 0.25) is 5.02 Å². The van der Waals surface area contributed by atoms with Crippen molar-refractivity contribution in [2.45, 2.75) is 16.8 Å². The molecule has 0 saturated heterocycles. The average Bonchev–Trinajstić information content (AvgIpc) is 2.35. The SMILES string of the molecule is CNc1nccc(Sc2cnc(C)cn2)c1Cl. The van der Waals surface area contributed by atoms with Crippen molar-refractivity contribution < 1.29 is 0 Å². The Labute approximate surface area is 109 Å². The quantitative estimate of drug-likeness (QED) is 0.925. The van der Waals surface area contributed by atoms with Crippen LogP contribution in [0.15, 0.2) is 34.6 Å². The third-order valence-electron chi connectivity index (χ3n) is 2.06. The fourth-order valence-electron chi connectivity index (χ4n) is 1.23. The van der Waals surface area contributed by atoms with Crippen LogP contribution < -0.4 is 5.32 Å². The molecule has 2 aromatic rings. The summed E-state index contributed by atoms with van der Waals surface area (Å²) in [5.74, 6) is 0.664. The number of aryl methyl sites for hydroxylation is 1. The summed E-state index contributed by atoms with van der Waals surface area (Å²) in [6, 6.07) is 1.86. The van der Waals surface area contributed by atoms with Crippen LogP contribution in [0, 0.1) is 6.92 Å². The molecule has 1 N–H and O–H groups in total. The van der Waals surface area contributed by atoms with Gasteiger partial charge >= 0.3 is 0 Å². The average molecular weight is 267 g/mol. The normalized spacial score (nSPS) is 10.3. The maximum atomic E-state index is 6.20. The smallest absolute Gasteiger partial charge is 0.145 e. The molecule has 0 radical (unpaired) electrons. The number of hydrogen-bond donors (Lipinski definition) is 1. The van der Waals surface area contributed by atoms with Crippen LogP contribution in [0.25, 0.3) is 0 Å². The van der Waals surface area contributed by atoms with Gasteiger partial charge in [-0.15, -0.1) is 0 Å². The zero-order chi connectivity index (χ0) is 12.3. The number of anilines is 1. The molecule has 4 nitrogen and oxygen atoms in total. The molecule has 2 heterocycles. The second-order valence-corrected chi connectivity index (χ2v) is 4.76. The Morgan fingerprint density at radius 1 is 1.24 bits per heavy atom. The Balaban J connectivity index is 2.27. The Morgan fingerprint density at radius 2 is 2.06 bits per heavy atom. The highest BCUT2D eigenvalue weighted by molar-refractivity contribution is 7.99. The number of hydrogen-bond acceptors (Lipinski definition) is 5. The lowest BCUT2D eigenvalue weighted by Gasteiger charge is -2.06. The van der Waals surface area contributed by atoms with Crippen LogP contribution >= 0.6 is 23.4 Å². The Kier molecular flexibility index (Phi) is 3.81. The molecular formula is C11H11ClN4S. The predicted octanol–water partition coefficient (Wildman–Crippen LogP) is 3.03. The van der Waals surface area contributed by atoms with Crippen LogP contribution in [0.4, 0.5) is 5.82 Å². The summed E-state index contributed by atoms with van der Waals surface area (Å²) in [6.45, 7) is 1.90. The van der Waals surface area contributed by atoms with Crippen LogP contribution in [0.1, 0.15) is 5.69 Å². The summed E-state index contributed by atoms with van der Waals surface area (Å²) in [5, 5.41) is 4.35. The van der Waals surface area contributed by atoms with Crippen LogP contribution in [-0.4, -0.2) is 22.0 Å². The molecule has 0 aromatic carbocycles. The van der Waals surface area contributed by atoms with Gasteiger partial charge in [0, 0.05) is 24.3 Å². The lowest BCUT2D eigenvalue weighted by Crippen LogP contribution is -1.94. The molecule has 2 rings (SSSR count). The van der Waals surface area contributed by atoms with E-state index in [-0.39, 0.29) is 0 Å². The van der Waals surface area contributed by atoms with E-state index in [1.807, 2.05) is 13.0 Å². The molecule has 0 spiro atoms. The second-order valence-electron chi connectivity index (χ2n) is 3.32. The van der Waals surface area contributed by atoms with E-state index in [4.69, 9.17) is 11.6 Å². The number of pyridine rings is 1. The summed E-state index contributed by atoms with van der Waals surface area (Å²) in [5.41, 5.74) is 0.895. The van der Waals surface area contributed by atoms with E-state index in [0.717, 1.165) is 15.6 Å². The topological polar surface area (TPSA) is 50.7 Å². The molecule has 0 bridgehead atoms. The lowest BCUT2D eigenvalue weighted by molar-refractivity contribution is 1.01. The third-order valence-corrected chi connectivity index (χ3v) is 3.54. The first-order chi connectivity index (χ1) is 8.20. The number of rotatable bonds is 3. The van der Waals surface area contributed by atoms with Crippen molar-refractivity contribution in [2.75, 3.05) is 12.4 Å². The molecule has 0 aliphatic rings. The first-order valence-electron chi connectivity index (χ1n) is 4.99. The molecular weight excluding hydrogens is 256 g/mol. The highest BCUT2D eigenvalue weighted by Crippen LogP contribution is 2.34. The predicted molar refractivity (Wildman–Crippen MR) is 69.7 cm³/mol. The summed E-state index contributed by atoms with van der Waals surface area (Å²) >= 11 is 7.66. The molecule has 2 aromatic heterocycles.